The predicted molar refractivity (Wildman–Crippen MR) is 108 cm³/mol. The molecule has 2 aromatic rings. The van der Waals surface area contributed by atoms with Gasteiger partial charge >= 0.3 is 13.1 Å². The molecule has 154 valence electrons. The summed E-state index contributed by atoms with van der Waals surface area (Å²) >= 11 is 0. The molecule has 0 bridgehead atoms. The predicted octanol–water partition coefficient (Wildman–Crippen LogP) is 2.84. The molecule has 2 aromatic carbocycles. The van der Waals surface area contributed by atoms with Crippen LogP contribution in [0.15, 0.2) is 12.1 Å². The zero-order chi connectivity index (χ0) is 21.1. The smallest absolute Gasteiger partial charge is 0.495 e. The second kappa shape index (κ2) is 6.54. The molecule has 0 unspecified atom stereocenters. The van der Waals surface area contributed by atoms with Crippen LogP contribution in [0.3, 0.4) is 0 Å². The molecule has 1 fully saturated rings. The van der Waals surface area contributed by atoms with Crippen LogP contribution >= 0.6 is 0 Å². The van der Waals surface area contributed by atoms with E-state index < -0.39 is 24.3 Å². The van der Waals surface area contributed by atoms with Crippen LogP contribution in [0.2, 0.25) is 0 Å². The van der Waals surface area contributed by atoms with Crippen molar-refractivity contribution in [1.29, 1.82) is 0 Å². The monoisotopic (exact) mass is 400 g/mol. The highest BCUT2D eigenvalue weighted by Gasteiger charge is 2.53. The number of hydrogen-bond donors (Lipinski definition) is 0. The van der Waals surface area contributed by atoms with Gasteiger partial charge in [0, 0.05) is 10.9 Å². The quantitative estimate of drug-likeness (QED) is 0.577. The first kappa shape index (κ1) is 19.9. The first-order valence-electron chi connectivity index (χ1n) is 9.46. The van der Waals surface area contributed by atoms with Crippen molar-refractivity contribution in [2.45, 2.75) is 45.5 Å². The van der Waals surface area contributed by atoms with Gasteiger partial charge in [-0.25, -0.2) is 4.79 Å². The van der Waals surface area contributed by atoms with Gasteiger partial charge in [-0.2, -0.15) is 0 Å². The van der Waals surface area contributed by atoms with Crippen LogP contribution in [-0.2, 0) is 20.7 Å². The van der Waals surface area contributed by atoms with Gasteiger partial charge in [0.1, 0.15) is 17.9 Å². The molecule has 2 aliphatic heterocycles. The number of methoxy groups -OCH3 is 3. The lowest BCUT2D eigenvalue weighted by Gasteiger charge is -2.32. The summed E-state index contributed by atoms with van der Waals surface area (Å²) in [7, 11) is 4.00. The number of rotatable bonds is 4. The standard InChI is InChI=1S/C21H25BO7/c1-20(2)21(3,4)29-22(28-20)17-11-8-14(24-5)15(25-6)9-12(11)18(26-7)16-13(17)10-27-19(16)23/h8-9H,10H2,1-7H3. The lowest BCUT2D eigenvalue weighted by atomic mass is 9.71. The van der Waals surface area contributed by atoms with Gasteiger partial charge in [-0.1, -0.05) is 0 Å². The highest BCUT2D eigenvalue weighted by molar-refractivity contribution is 6.66. The summed E-state index contributed by atoms with van der Waals surface area (Å²) in [5.74, 6) is 1.11. The first-order chi connectivity index (χ1) is 13.6. The third kappa shape index (κ3) is 2.77. The molecule has 0 amide bonds. The van der Waals surface area contributed by atoms with Gasteiger partial charge in [0.2, 0.25) is 0 Å². The van der Waals surface area contributed by atoms with Crippen LogP contribution < -0.4 is 19.7 Å². The fraction of sp³-hybridized carbons (Fsp3) is 0.476. The molecule has 0 aliphatic carbocycles. The SMILES string of the molecule is COc1cc2c(OC)c3c(c(B4OC(C)(C)C(C)(C)O4)c2cc1OC)COC3=O. The summed E-state index contributed by atoms with van der Waals surface area (Å²) in [5.41, 5.74) is 0.802. The van der Waals surface area contributed by atoms with Crippen molar-refractivity contribution in [3.63, 3.8) is 0 Å². The third-order valence-corrected chi connectivity index (χ3v) is 6.16. The van der Waals surface area contributed by atoms with Crippen molar-refractivity contribution in [3.8, 4) is 17.2 Å². The molecule has 7 nitrogen and oxygen atoms in total. The summed E-state index contributed by atoms with van der Waals surface area (Å²) in [5, 5.41) is 1.50. The van der Waals surface area contributed by atoms with Gasteiger partial charge in [-0.15, -0.1) is 0 Å². The Morgan fingerprint density at radius 3 is 1.97 bits per heavy atom. The molecule has 8 heteroatoms. The molecule has 2 aliphatic rings. The van der Waals surface area contributed by atoms with E-state index in [1.807, 2.05) is 33.8 Å². The minimum atomic E-state index is -0.672. The Balaban J connectivity index is 2.07. The lowest BCUT2D eigenvalue weighted by molar-refractivity contribution is 0.00578. The van der Waals surface area contributed by atoms with Crippen LogP contribution in [0, 0.1) is 0 Å². The minimum absolute atomic E-state index is 0.133. The zero-order valence-electron chi connectivity index (χ0n) is 17.8. The van der Waals surface area contributed by atoms with Crippen molar-refractivity contribution in [2.75, 3.05) is 21.3 Å². The number of carbonyl (C=O) groups is 1. The molecule has 0 saturated carbocycles. The fourth-order valence-electron chi connectivity index (χ4n) is 3.88. The number of benzene rings is 2. The van der Waals surface area contributed by atoms with Crippen LogP contribution in [0.5, 0.6) is 17.2 Å². The average Bonchev–Trinajstić information content (AvgIpc) is 3.14. The maximum atomic E-state index is 12.5. The topological polar surface area (TPSA) is 72.5 Å². The molecular weight excluding hydrogens is 375 g/mol. The van der Waals surface area contributed by atoms with Crippen molar-refractivity contribution >= 4 is 29.3 Å². The number of ether oxygens (including phenoxy) is 4. The Hall–Kier alpha value is -2.45. The molecule has 29 heavy (non-hydrogen) atoms. The van der Waals surface area contributed by atoms with Gasteiger partial charge in [-0.05, 0) is 50.7 Å². The number of cyclic esters (lactones) is 1. The molecule has 4 rings (SSSR count). The Kier molecular flexibility index (Phi) is 4.47. The van der Waals surface area contributed by atoms with Crippen molar-refractivity contribution in [2.24, 2.45) is 0 Å². The highest BCUT2D eigenvalue weighted by Crippen LogP contribution is 2.43. The molecule has 0 N–H and O–H groups in total. The maximum Gasteiger partial charge on any atom is 0.495 e. The Morgan fingerprint density at radius 2 is 1.45 bits per heavy atom. The molecule has 0 aromatic heterocycles. The number of fused-ring (bicyclic) bond motifs is 2. The molecule has 0 atom stereocenters. The van der Waals surface area contributed by atoms with E-state index in [-0.39, 0.29) is 6.61 Å². The van der Waals surface area contributed by atoms with Crippen LogP contribution in [0.1, 0.15) is 43.6 Å². The summed E-state index contributed by atoms with van der Waals surface area (Å²) < 4.78 is 34.6. The Morgan fingerprint density at radius 1 is 0.897 bits per heavy atom. The lowest BCUT2D eigenvalue weighted by Crippen LogP contribution is -2.41. The van der Waals surface area contributed by atoms with E-state index in [4.69, 9.17) is 28.3 Å². The molecule has 1 saturated heterocycles. The normalized spacial score (nSPS) is 19.3. The van der Waals surface area contributed by atoms with Gasteiger partial charge in [0.05, 0.1) is 32.5 Å². The van der Waals surface area contributed by atoms with E-state index >= 15 is 0 Å². The minimum Gasteiger partial charge on any atom is -0.495 e. The van der Waals surface area contributed by atoms with Gasteiger partial charge in [0.25, 0.3) is 0 Å². The Labute approximate surface area is 170 Å². The van der Waals surface area contributed by atoms with E-state index in [0.29, 0.717) is 33.8 Å². The summed E-state index contributed by atoms with van der Waals surface area (Å²) in [6.45, 7) is 8.09. The average molecular weight is 400 g/mol. The van der Waals surface area contributed by atoms with E-state index in [1.54, 1.807) is 20.3 Å². The van der Waals surface area contributed by atoms with Gasteiger partial charge in [0.15, 0.2) is 11.5 Å². The molecule has 2 heterocycles. The second-order valence-electron chi connectivity index (χ2n) is 8.22. The van der Waals surface area contributed by atoms with Crippen molar-refractivity contribution in [3.05, 3.63) is 23.3 Å². The van der Waals surface area contributed by atoms with E-state index in [9.17, 15) is 4.79 Å². The second-order valence-corrected chi connectivity index (χ2v) is 8.22. The number of carbonyl (C=O) groups excluding carboxylic acids is 1. The van der Waals surface area contributed by atoms with E-state index in [2.05, 4.69) is 0 Å². The number of esters is 1. The van der Waals surface area contributed by atoms with E-state index in [1.165, 1.54) is 7.11 Å². The Bertz CT molecular complexity index is 996. The maximum absolute atomic E-state index is 12.5. The van der Waals surface area contributed by atoms with Crippen LogP contribution in [-0.4, -0.2) is 45.6 Å². The molecular formula is C21H25BO7. The fourth-order valence-corrected chi connectivity index (χ4v) is 3.88. The first-order valence-corrected chi connectivity index (χ1v) is 9.46. The zero-order valence-corrected chi connectivity index (χ0v) is 17.8. The summed E-state index contributed by atoms with van der Waals surface area (Å²) in [6.07, 6.45) is 0. The molecule has 0 spiro atoms. The number of hydrogen-bond acceptors (Lipinski definition) is 7. The molecule has 0 radical (unpaired) electrons. The van der Waals surface area contributed by atoms with Crippen molar-refractivity contribution in [1.82, 2.24) is 0 Å². The van der Waals surface area contributed by atoms with Gasteiger partial charge in [-0.3, -0.25) is 0 Å². The summed E-state index contributed by atoms with van der Waals surface area (Å²) in [4.78, 5) is 12.5. The largest absolute Gasteiger partial charge is 0.495 e. The summed E-state index contributed by atoms with van der Waals surface area (Å²) in [6, 6.07) is 3.66. The van der Waals surface area contributed by atoms with Crippen LogP contribution in [0.4, 0.5) is 0 Å². The van der Waals surface area contributed by atoms with Crippen molar-refractivity contribution < 1.29 is 33.1 Å². The van der Waals surface area contributed by atoms with E-state index in [0.717, 1.165) is 10.8 Å². The van der Waals surface area contributed by atoms with Crippen LogP contribution in [0.25, 0.3) is 10.8 Å². The van der Waals surface area contributed by atoms with Gasteiger partial charge < -0.3 is 28.3 Å². The third-order valence-electron chi connectivity index (χ3n) is 6.16. The highest BCUT2D eigenvalue weighted by atomic mass is 16.7.